The molecule has 0 atom stereocenters. The molecule has 0 unspecified atom stereocenters. The number of aromatic nitrogens is 1. The van der Waals surface area contributed by atoms with E-state index in [-0.39, 0.29) is 11.5 Å². The number of fused-ring (bicyclic) bond motifs is 1. The maximum atomic E-state index is 9.77. The van der Waals surface area contributed by atoms with Gasteiger partial charge in [-0.1, -0.05) is 0 Å². The lowest BCUT2D eigenvalue weighted by Crippen LogP contribution is -1.84. The first-order valence-electron chi connectivity index (χ1n) is 5.55. The van der Waals surface area contributed by atoms with Crippen LogP contribution >= 0.6 is 0 Å². The van der Waals surface area contributed by atoms with Crippen molar-refractivity contribution >= 4 is 16.6 Å². The molecule has 90 valence electrons. The first kappa shape index (κ1) is 10.5. The molecular weight excluding hydrogens is 228 g/mol. The van der Waals surface area contributed by atoms with Gasteiger partial charge in [0.15, 0.2) is 0 Å². The highest BCUT2D eigenvalue weighted by molar-refractivity contribution is 5.98. The standard InChI is InChI=1S/C14H12N2O2/c15-11-5-6-13(18)14-10(11)7-12(16-14)8-1-3-9(17)4-2-8/h1-7,16-18H,15H2. The van der Waals surface area contributed by atoms with Gasteiger partial charge in [-0.05, 0) is 48.0 Å². The average molecular weight is 240 g/mol. The monoisotopic (exact) mass is 240 g/mol. The predicted molar refractivity (Wildman–Crippen MR) is 71.5 cm³/mol. The molecule has 3 aromatic rings. The molecule has 5 N–H and O–H groups in total. The van der Waals surface area contributed by atoms with E-state index in [9.17, 15) is 10.2 Å². The van der Waals surface area contributed by atoms with Crippen molar-refractivity contribution in [3.05, 3.63) is 42.5 Å². The highest BCUT2D eigenvalue weighted by Gasteiger charge is 2.09. The number of phenolic OH excluding ortho intramolecular Hbond substituents is 2. The van der Waals surface area contributed by atoms with Gasteiger partial charge in [-0.2, -0.15) is 0 Å². The van der Waals surface area contributed by atoms with Crippen molar-refractivity contribution in [2.75, 3.05) is 5.73 Å². The Morgan fingerprint density at radius 3 is 2.33 bits per heavy atom. The molecule has 3 rings (SSSR count). The lowest BCUT2D eigenvalue weighted by molar-refractivity contribution is 0.475. The largest absolute Gasteiger partial charge is 0.508 e. The van der Waals surface area contributed by atoms with Crippen molar-refractivity contribution in [2.24, 2.45) is 0 Å². The number of aromatic hydroxyl groups is 2. The maximum Gasteiger partial charge on any atom is 0.139 e. The molecule has 0 aliphatic heterocycles. The molecule has 0 radical (unpaired) electrons. The van der Waals surface area contributed by atoms with Gasteiger partial charge in [0, 0.05) is 16.8 Å². The second-order valence-corrected chi connectivity index (χ2v) is 4.19. The fourth-order valence-electron chi connectivity index (χ4n) is 2.02. The van der Waals surface area contributed by atoms with Crippen LogP contribution in [0, 0.1) is 0 Å². The van der Waals surface area contributed by atoms with E-state index in [0.29, 0.717) is 11.2 Å². The lowest BCUT2D eigenvalue weighted by atomic mass is 10.1. The molecule has 0 saturated heterocycles. The van der Waals surface area contributed by atoms with Gasteiger partial charge in [-0.3, -0.25) is 0 Å². The summed E-state index contributed by atoms with van der Waals surface area (Å²) >= 11 is 0. The van der Waals surface area contributed by atoms with Crippen LogP contribution in [0.5, 0.6) is 11.5 Å². The first-order valence-corrected chi connectivity index (χ1v) is 5.55. The average Bonchev–Trinajstić information content (AvgIpc) is 2.81. The van der Waals surface area contributed by atoms with Crippen LogP contribution in [0.4, 0.5) is 5.69 Å². The number of nitrogens with one attached hydrogen (secondary N) is 1. The van der Waals surface area contributed by atoms with Gasteiger partial charge in [0.1, 0.15) is 11.5 Å². The smallest absolute Gasteiger partial charge is 0.139 e. The second-order valence-electron chi connectivity index (χ2n) is 4.19. The van der Waals surface area contributed by atoms with E-state index in [0.717, 1.165) is 16.6 Å². The Kier molecular flexibility index (Phi) is 2.16. The van der Waals surface area contributed by atoms with E-state index >= 15 is 0 Å². The Morgan fingerprint density at radius 1 is 0.944 bits per heavy atom. The third-order valence-electron chi connectivity index (χ3n) is 2.98. The number of nitrogen functional groups attached to an aromatic ring is 1. The molecule has 1 heterocycles. The number of aromatic amines is 1. The topological polar surface area (TPSA) is 82.3 Å². The summed E-state index contributed by atoms with van der Waals surface area (Å²) < 4.78 is 0. The molecule has 0 amide bonds. The van der Waals surface area contributed by atoms with Crippen LogP contribution in [0.1, 0.15) is 0 Å². The Hall–Kier alpha value is -2.62. The van der Waals surface area contributed by atoms with E-state index in [1.54, 1.807) is 36.4 Å². The third kappa shape index (κ3) is 1.55. The molecule has 18 heavy (non-hydrogen) atoms. The summed E-state index contributed by atoms with van der Waals surface area (Å²) in [6.07, 6.45) is 0. The molecule has 2 aromatic carbocycles. The Bertz CT molecular complexity index is 675. The summed E-state index contributed by atoms with van der Waals surface area (Å²) in [6.45, 7) is 0. The van der Waals surface area contributed by atoms with E-state index < -0.39 is 0 Å². The minimum atomic E-state index is 0.171. The fraction of sp³-hybridized carbons (Fsp3) is 0. The number of hydrogen-bond donors (Lipinski definition) is 4. The molecule has 0 bridgehead atoms. The number of H-pyrrole nitrogens is 1. The van der Waals surface area contributed by atoms with E-state index in [1.807, 2.05) is 6.07 Å². The Balaban J connectivity index is 2.22. The SMILES string of the molecule is Nc1ccc(O)c2[nH]c(-c3ccc(O)cc3)cc12. The summed E-state index contributed by atoms with van der Waals surface area (Å²) in [6, 6.07) is 12.0. The molecule has 1 aromatic heterocycles. The van der Waals surface area contributed by atoms with Crippen molar-refractivity contribution in [1.29, 1.82) is 0 Å². The van der Waals surface area contributed by atoms with Crippen LogP contribution in [0.2, 0.25) is 0 Å². The summed E-state index contributed by atoms with van der Waals surface area (Å²) in [5.41, 5.74) is 8.87. The van der Waals surface area contributed by atoms with Crippen LogP contribution in [0.25, 0.3) is 22.2 Å². The summed E-state index contributed by atoms with van der Waals surface area (Å²) in [7, 11) is 0. The minimum absolute atomic E-state index is 0.171. The summed E-state index contributed by atoms with van der Waals surface area (Å²) in [4.78, 5) is 3.13. The predicted octanol–water partition coefficient (Wildman–Crippen LogP) is 2.83. The molecule has 0 saturated carbocycles. The van der Waals surface area contributed by atoms with Crippen LogP contribution in [0.15, 0.2) is 42.5 Å². The van der Waals surface area contributed by atoms with E-state index in [1.165, 1.54) is 0 Å². The molecule has 4 nitrogen and oxygen atoms in total. The third-order valence-corrected chi connectivity index (χ3v) is 2.98. The fourth-order valence-corrected chi connectivity index (χ4v) is 2.02. The van der Waals surface area contributed by atoms with Crippen LogP contribution in [0.3, 0.4) is 0 Å². The minimum Gasteiger partial charge on any atom is -0.508 e. The van der Waals surface area contributed by atoms with E-state index in [4.69, 9.17) is 5.73 Å². The second kappa shape index (κ2) is 3.70. The number of anilines is 1. The zero-order valence-corrected chi connectivity index (χ0v) is 9.51. The number of rotatable bonds is 1. The van der Waals surface area contributed by atoms with Crippen molar-refractivity contribution in [2.45, 2.75) is 0 Å². The Morgan fingerprint density at radius 2 is 1.67 bits per heavy atom. The maximum absolute atomic E-state index is 9.77. The summed E-state index contributed by atoms with van der Waals surface area (Å²) in [5.74, 6) is 0.390. The van der Waals surface area contributed by atoms with Gasteiger partial charge in [-0.25, -0.2) is 0 Å². The molecule has 0 aliphatic rings. The van der Waals surface area contributed by atoms with Gasteiger partial charge in [0.25, 0.3) is 0 Å². The molecular formula is C14H12N2O2. The van der Waals surface area contributed by atoms with E-state index in [2.05, 4.69) is 4.98 Å². The molecule has 0 fully saturated rings. The highest BCUT2D eigenvalue weighted by atomic mass is 16.3. The zero-order valence-electron chi connectivity index (χ0n) is 9.51. The number of hydrogen-bond acceptors (Lipinski definition) is 3. The van der Waals surface area contributed by atoms with Crippen molar-refractivity contribution in [1.82, 2.24) is 4.98 Å². The van der Waals surface area contributed by atoms with Gasteiger partial charge in [0.2, 0.25) is 0 Å². The molecule has 0 spiro atoms. The van der Waals surface area contributed by atoms with Crippen molar-refractivity contribution < 1.29 is 10.2 Å². The van der Waals surface area contributed by atoms with Gasteiger partial charge < -0.3 is 20.9 Å². The van der Waals surface area contributed by atoms with Gasteiger partial charge >= 0.3 is 0 Å². The molecule has 0 aliphatic carbocycles. The quantitative estimate of drug-likeness (QED) is 0.390. The van der Waals surface area contributed by atoms with Crippen LogP contribution in [-0.4, -0.2) is 15.2 Å². The zero-order chi connectivity index (χ0) is 12.7. The number of nitrogens with two attached hydrogens (primary N) is 1. The summed E-state index contributed by atoms with van der Waals surface area (Å²) in [5, 5.41) is 19.8. The van der Waals surface area contributed by atoms with Crippen LogP contribution in [-0.2, 0) is 0 Å². The molecule has 4 heteroatoms. The van der Waals surface area contributed by atoms with Crippen molar-refractivity contribution in [3.8, 4) is 22.8 Å². The van der Waals surface area contributed by atoms with Gasteiger partial charge in [0.05, 0.1) is 5.52 Å². The Labute approximate surface area is 103 Å². The first-order chi connectivity index (χ1) is 8.65. The number of phenols is 2. The van der Waals surface area contributed by atoms with Crippen LogP contribution < -0.4 is 5.73 Å². The van der Waals surface area contributed by atoms with Crippen molar-refractivity contribution in [3.63, 3.8) is 0 Å². The normalized spacial score (nSPS) is 10.9. The van der Waals surface area contributed by atoms with Gasteiger partial charge in [-0.15, -0.1) is 0 Å². The highest BCUT2D eigenvalue weighted by Crippen LogP contribution is 2.33. The number of benzene rings is 2. The lowest BCUT2D eigenvalue weighted by Gasteiger charge is -1.98.